The molecule has 5 nitrogen and oxygen atoms in total. The number of hydrogen-bond donors (Lipinski definition) is 1. The van der Waals surface area contributed by atoms with Crippen LogP contribution in [-0.2, 0) is 0 Å². The van der Waals surface area contributed by atoms with Crippen LogP contribution in [-0.4, -0.2) is 33.1 Å². The van der Waals surface area contributed by atoms with Gasteiger partial charge in [-0.2, -0.15) is 0 Å². The summed E-state index contributed by atoms with van der Waals surface area (Å²) in [5.41, 5.74) is 0.271. The molecule has 0 aliphatic carbocycles. The second-order valence-electron chi connectivity index (χ2n) is 8.94. The fourth-order valence-corrected chi connectivity index (χ4v) is 4.52. The number of phenols is 1. The van der Waals surface area contributed by atoms with Crippen molar-refractivity contribution in [3.63, 3.8) is 0 Å². The van der Waals surface area contributed by atoms with Crippen LogP contribution < -0.4 is 4.90 Å². The number of halogens is 2. The Balaban J connectivity index is 1.81. The Labute approximate surface area is 202 Å². The Morgan fingerprint density at radius 3 is 2.51 bits per heavy atom. The predicted molar refractivity (Wildman–Crippen MR) is 134 cm³/mol. The molecule has 5 rings (SSSR count). The highest BCUT2D eigenvalue weighted by Crippen LogP contribution is 2.38. The molecule has 0 bridgehead atoms. The normalized spacial score (nSPS) is 14.0. The molecule has 0 fully saturated rings. The number of fused-ring (bicyclic) bond motifs is 2. The van der Waals surface area contributed by atoms with Crippen molar-refractivity contribution in [2.75, 3.05) is 18.0 Å². The number of anilines is 1. The van der Waals surface area contributed by atoms with Gasteiger partial charge in [-0.05, 0) is 36.4 Å². The van der Waals surface area contributed by atoms with E-state index in [2.05, 4.69) is 32.9 Å². The summed E-state index contributed by atoms with van der Waals surface area (Å²) >= 11 is 0. The summed E-state index contributed by atoms with van der Waals surface area (Å²) in [5, 5.41) is 11.6. The second kappa shape index (κ2) is 8.95. The number of aromatic hydroxyl groups is 1. The van der Waals surface area contributed by atoms with Crippen LogP contribution in [0.4, 0.5) is 14.6 Å². The Bertz CT molecular complexity index is 1530. The van der Waals surface area contributed by atoms with Gasteiger partial charge in [0.15, 0.2) is 5.82 Å². The standard InChI is InChI=1S/C28H24F2N4O/c1-4-19-22(29)10-9-17-13-18(35)14-20(23(17)19)25-24(30)26-21(15-31-25)28(33-27(32-26)16(2)3)34-11-7-5-6-8-12-34/h1,5-6,9-10,13-16,35H,7-8,11-12H2,2-3H3. The van der Waals surface area contributed by atoms with E-state index in [0.29, 0.717) is 27.8 Å². The average Bonchev–Trinajstić information content (AvgIpc) is 3.13. The lowest BCUT2D eigenvalue weighted by Crippen LogP contribution is -2.26. The van der Waals surface area contributed by atoms with E-state index < -0.39 is 11.6 Å². The van der Waals surface area contributed by atoms with Crippen LogP contribution in [0.3, 0.4) is 0 Å². The minimum Gasteiger partial charge on any atom is -0.508 e. The fraction of sp³-hybridized carbons (Fsp3) is 0.250. The molecule has 1 aliphatic rings. The molecule has 1 N–H and O–H groups in total. The van der Waals surface area contributed by atoms with Crippen LogP contribution in [0.2, 0.25) is 0 Å². The number of rotatable bonds is 3. The maximum Gasteiger partial charge on any atom is 0.175 e. The lowest BCUT2D eigenvalue weighted by Gasteiger charge is -2.24. The first-order valence-corrected chi connectivity index (χ1v) is 11.6. The zero-order valence-corrected chi connectivity index (χ0v) is 19.5. The smallest absolute Gasteiger partial charge is 0.175 e. The third-order valence-corrected chi connectivity index (χ3v) is 6.25. The summed E-state index contributed by atoms with van der Waals surface area (Å²) in [5.74, 6) is 2.14. The SMILES string of the molecule is C#Cc1c(F)ccc2cc(O)cc(-c3ncc4c(N5CCC=CCC5)nc(C(C)C)nc4c3F)c12. The Kier molecular flexibility index (Phi) is 5.81. The van der Waals surface area contributed by atoms with Gasteiger partial charge in [-0.3, -0.25) is 4.98 Å². The number of phenolic OH excluding ortho intramolecular Hbond substituents is 1. The summed E-state index contributed by atoms with van der Waals surface area (Å²) in [6.45, 7) is 5.43. The van der Waals surface area contributed by atoms with Gasteiger partial charge in [-0.1, -0.05) is 38.0 Å². The van der Waals surface area contributed by atoms with Gasteiger partial charge in [0, 0.05) is 36.2 Å². The van der Waals surface area contributed by atoms with Crippen molar-refractivity contribution in [3.8, 4) is 29.4 Å². The largest absolute Gasteiger partial charge is 0.508 e. The quantitative estimate of drug-likeness (QED) is 0.290. The number of aromatic nitrogens is 3. The summed E-state index contributed by atoms with van der Waals surface area (Å²) in [7, 11) is 0. The van der Waals surface area contributed by atoms with Crippen molar-refractivity contribution in [2.24, 2.45) is 0 Å². The monoisotopic (exact) mass is 470 g/mol. The highest BCUT2D eigenvalue weighted by Gasteiger charge is 2.23. The van der Waals surface area contributed by atoms with E-state index in [1.807, 2.05) is 13.8 Å². The van der Waals surface area contributed by atoms with Gasteiger partial charge in [0.05, 0.1) is 10.9 Å². The van der Waals surface area contributed by atoms with E-state index in [1.165, 1.54) is 24.3 Å². The van der Waals surface area contributed by atoms with Crippen LogP contribution in [0.5, 0.6) is 5.75 Å². The van der Waals surface area contributed by atoms with E-state index in [-0.39, 0.29) is 34.0 Å². The van der Waals surface area contributed by atoms with Gasteiger partial charge < -0.3 is 10.0 Å². The van der Waals surface area contributed by atoms with Crippen molar-refractivity contribution in [2.45, 2.75) is 32.6 Å². The lowest BCUT2D eigenvalue weighted by molar-refractivity contribution is 0.476. The minimum absolute atomic E-state index is 0.0119. The highest BCUT2D eigenvalue weighted by atomic mass is 19.1. The van der Waals surface area contributed by atoms with Gasteiger partial charge in [0.2, 0.25) is 0 Å². The number of terminal acetylenes is 1. The van der Waals surface area contributed by atoms with Crippen LogP contribution in [0.1, 0.15) is 44.0 Å². The van der Waals surface area contributed by atoms with E-state index >= 15 is 4.39 Å². The van der Waals surface area contributed by atoms with Gasteiger partial charge in [-0.25, -0.2) is 18.7 Å². The predicted octanol–water partition coefficient (Wildman–Crippen LogP) is 6.09. The van der Waals surface area contributed by atoms with Crippen LogP contribution in [0.15, 0.2) is 42.6 Å². The minimum atomic E-state index is -0.667. The third kappa shape index (κ3) is 3.95. The molecular weight excluding hydrogens is 446 g/mol. The van der Waals surface area contributed by atoms with Crippen molar-refractivity contribution in [3.05, 3.63) is 65.6 Å². The van der Waals surface area contributed by atoms with Gasteiger partial charge in [0.25, 0.3) is 0 Å². The van der Waals surface area contributed by atoms with E-state index in [4.69, 9.17) is 11.4 Å². The molecule has 0 saturated carbocycles. The van der Waals surface area contributed by atoms with Crippen molar-refractivity contribution in [1.82, 2.24) is 15.0 Å². The third-order valence-electron chi connectivity index (χ3n) is 6.25. The molecule has 0 radical (unpaired) electrons. The molecule has 2 aromatic heterocycles. The van der Waals surface area contributed by atoms with Crippen LogP contribution in [0, 0.1) is 24.0 Å². The topological polar surface area (TPSA) is 62.1 Å². The van der Waals surface area contributed by atoms with Crippen molar-refractivity contribution >= 4 is 27.5 Å². The Morgan fingerprint density at radius 1 is 1.09 bits per heavy atom. The first-order valence-electron chi connectivity index (χ1n) is 11.6. The molecule has 3 heterocycles. The molecule has 0 amide bonds. The van der Waals surface area contributed by atoms with Gasteiger partial charge in [0.1, 0.15) is 34.4 Å². The molecular formula is C28H24F2N4O. The zero-order chi connectivity index (χ0) is 24.7. The molecule has 176 valence electrons. The number of nitrogens with zero attached hydrogens (tertiary/aromatic N) is 4. The molecule has 2 aromatic carbocycles. The van der Waals surface area contributed by atoms with Crippen molar-refractivity contribution < 1.29 is 13.9 Å². The fourth-order valence-electron chi connectivity index (χ4n) is 4.52. The number of benzene rings is 2. The maximum absolute atomic E-state index is 16.2. The molecule has 0 unspecified atom stereocenters. The molecule has 0 spiro atoms. The summed E-state index contributed by atoms with van der Waals surface area (Å²) in [4.78, 5) is 15.9. The molecule has 4 aromatic rings. The van der Waals surface area contributed by atoms with Crippen molar-refractivity contribution in [1.29, 1.82) is 0 Å². The maximum atomic E-state index is 16.2. The first-order chi connectivity index (χ1) is 16.9. The summed E-state index contributed by atoms with van der Waals surface area (Å²) in [6.07, 6.45) is 13.2. The van der Waals surface area contributed by atoms with E-state index in [0.717, 1.165) is 25.9 Å². The highest BCUT2D eigenvalue weighted by molar-refractivity contribution is 6.03. The van der Waals surface area contributed by atoms with E-state index in [1.54, 1.807) is 6.20 Å². The summed E-state index contributed by atoms with van der Waals surface area (Å²) in [6, 6.07) is 5.54. The molecule has 7 heteroatoms. The van der Waals surface area contributed by atoms with E-state index in [9.17, 15) is 9.50 Å². The molecule has 35 heavy (non-hydrogen) atoms. The lowest BCUT2D eigenvalue weighted by atomic mass is 9.95. The Morgan fingerprint density at radius 2 is 1.83 bits per heavy atom. The first kappa shape index (κ1) is 22.7. The number of pyridine rings is 1. The second-order valence-corrected chi connectivity index (χ2v) is 8.94. The average molecular weight is 471 g/mol. The summed E-state index contributed by atoms with van der Waals surface area (Å²) < 4.78 is 30.8. The van der Waals surface area contributed by atoms with Crippen LogP contribution >= 0.6 is 0 Å². The zero-order valence-electron chi connectivity index (χ0n) is 19.5. The molecule has 0 saturated heterocycles. The van der Waals surface area contributed by atoms with Gasteiger partial charge in [-0.15, -0.1) is 6.42 Å². The molecule has 1 aliphatic heterocycles. The number of hydrogen-bond acceptors (Lipinski definition) is 5. The Hall–Kier alpha value is -4.05. The van der Waals surface area contributed by atoms with Gasteiger partial charge >= 0.3 is 0 Å². The van der Waals surface area contributed by atoms with Crippen LogP contribution in [0.25, 0.3) is 32.9 Å². The molecule has 0 atom stereocenters.